The van der Waals surface area contributed by atoms with Crippen LogP contribution in [0, 0.1) is 5.82 Å². The number of methoxy groups -OCH3 is 1. The summed E-state index contributed by atoms with van der Waals surface area (Å²) in [5.41, 5.74) is 0.340. The number of ether oxygens (including phenoxy) is 2. The van der Waals surface area contributed by atoms with Crippen molar-refractivity contribution in [3.05, 3.63) is 59.4 Å². The van der Waals surface area contributed by atoms with Gasteiger partial charge in [-0.2, -0.15) is 0 Å². The van der Waals surface area contributed by atoms with Crippen molar-refractivity contribution >= 4 is 11.9 Å². The molecule has 1 aliphatic carbocycles. The molecule has 6 nitrogen and oxygen atoms in total. The van der Waals surface area contributed by atoms with Crippen molar-refractivity contribution in [2.45, 2.75) is 50.9 Å². The first-order chi connectivity index (χ1) is 13.7. The number of hydrogen-bond donors (Lipinski definition) is 2. The second-order valence-electron chi connectivity index (χ2n) is 7.40. The van der Waals surface area contributed by atoms with Crippen LogP contribution in [0.25, 0.3) is 0 Å². The Morgan fingerprint density at radius 3 is 2.66 bits per heavy atom. The maximum Gasteiger partial charge on any atom is 0.333 e. The molecule has 0 spiro atoms. The molecule has 0 saturated heterocycles. The Morgan fingerprint density at radius 2 is 2.07 bits per heavy atom. The number of carboxylic acid groups (broad SMARTS) is 1. The summed E-state index contributed by atoms with van der Waals surface area (Å²) in [6.07, 6.45) is 5.54. The van der Waals surface area contributed by atoms with Gasteiger partial charge in [0.25, 0.3) is 5.91 Å². The van der Waals surface area contributed by atoms with Crippen LogP contribution in [0.3, 0.4) is 0 Å². The highest BCUT2D eigenvalue weighted by Gasteiger charge is 2.31. The predicted molar refractivity (Wildman–Crippen MR) is 107 cm³/mol. The fourth-order valence-electron chi connectivity index (χ4n) is 3.03. The molecule has 7 heteroatoms. The summed E-state index contributed by atoms with van der Waals surface area (Å²) in [7, 11) is 1.37. The molecule has 158 valence electrons. The van der Waals surface area contributed by atoms with E-state index in [0.29, 0.717) is 24.9 Å². The first-order valence-corrected chi connectivity index (χ1v) is 9.55. The summed E-state index contributed by atoms with van der Waals surface area (Å²) in [5.74, 6) is -1.57. The minimum atomic E-state index is -1.06. The van der Waals surface area contributed by atoms with Crippen molar-refractivity contribution < 1.29 is 28.6 Å². The summed E-state index contributed by atoms with van der Waals surface area (Å²) in [4.78, 5) is 23.5. The SMILES string of the molecule is CO[C@@H](CC1=CCC(OC(C)(C)C(=O)NCCc2ccccc2F)C=C1)C(=O)O. The summed E-state index contributed by atoms with van der Waals surface area (Å²) in [6, 6.07) is 6.48. The number of benzene rings is 1. The van der Waals surface area contributed by atoms with Crippen LogP contribution in [0.15, 0.2) is 48.1 Å². The zero-order valence-corrected chi connectivity index (χ0v) is 17.0. The normalized spacial score (nSPS) is 17.5. The lowest BCUT2D eigenvalue weighted by atomic mass is 9.99. The Bertz CT molecular complexity index is 787. The minimum absolute atomic E-state index is 0.273. The van der Waals surface area contributed by atoms with Gasteiger partial charge in [0.1, 0.15) is 11.4 Å². The molecular formula is C22H28FNO5. The highest BCUT2D eigenvalue weighted by atomic mass is 19.1. The van der Waals surface area contributed by atoms with E-state index in [4.69, 9.17) is 14.6 Å². The van der Waals surface area contributed by atoms with Gasteiger partial charge in [0, 0.05) is 20.1 Å². The molecule has 0 aromatic heterocycles. The molecule has 0 aliphatic heterocycles. The summed E-state index contributed by atoms with van der Waals surface area (Å²) in [6.45, 7) is 3.68. The number of carbonyl (C=O) groups is 2. The topological polar surface area (TPSA) is 84.9 Å². The van der Waals surface area contributed by atoms with Gasteiger partial charge in [0.15, 0.2) is 6.10 Å². The predicted octanol–water partition coefficient (Wildman–Crippen LogP) is 3.02. The van der Waals surface area contributed by atoms with Gasteiger partial charge >= 0.3 is 5.97 Å². The van der Waals surface area contributed by atoms with Crippen LogP contribution >= 0.6 is 0 Å². The molecule has 0 bridgehead atoms. The second-order valence-corrected chi connectivity index (χ2v) is 7.40. The van der Waals surface area contributed by atoms with Gasteiger partial charge in [-0.15, -0.1) is 0 Å². The van der Waals surface area contributed by atoms with Gasteiger partial charge in [-0.3, -0.25) is 4.79 Å². The molecule has 0 saturated carbocycles. The third-order valence-corrected chi connectivity index (χ3v) is 4.75. The first kappa shape index (κ1) is 22.8. The lowest BCUT2D eigenvalue weighted by Crippen LogP contribution is -2.46. The molecule has 2 rings (SSSR count). The number of allylic oxidation sites excluding steroid dienone is 1. The number of carboxylic acids is 1. The highest BCUT2D eigenvalue weighted by Crippen LogP contribution is 2.23. The number of hydrogen-bond acceptors (Lipinski definition) is 4. The first-order valence-electron chi connectivity index (χ1n) is 9.55. The number of rotatable bonds is 10. The van der Waals surface area contributed by atoms with Crippen molar-refractivity contribution in [1.29, 1.82) is 0 Å². The third kappa shape index (κ3) is 6.80. The molecule has 0 heterocycles. The maximum absolute atomic E-state index is 13.6. The highest BCUT2D eigenvalue weighted by molar-refractivity contribution is 5.84. The lowest BCUT2D eigenvalue weighted by Gasteiger charge is -2.29. The molecule has 0 fully saturated rings. The van der Waals surface area contributed by atoms with Crippen molar-refractivity contribution in [2.75, 3.05) is 13.7 Å². The Morgan fingerprint density at radius 1 is 1.34 bits per heavy atom. The van der Waals surface area contributed by atoms with E-state index in [1.165, 1.54) is 13.2 Å². The zero-order chi connectivity index (χ0) is 21.4. The van der Waals surface area contributed by atoms with Crippen LogP contribution in [0.1, 0.15) is 32.3 Å². The molecule has 29 heavy (non-hydrogen) atoms. The van der Waals surface area contributed by atoms with E-state index < -0.39 is 17.7 Å². The van der Waals surface area contributed by atoms with Gasteiger partial charge < -0.3 is 19.9 Å². The van der Waals surface area contributed by atoms with Gasteiger partial charge in [-0.25, -0.2) is 9.18 Å². The van der Waals surface area contributed by atoms with Gasteiger partial charge in [-0.1, -0.05) is 36.4 Å². The smallest absolute Gasteiger partial charge is 0.333 e. The molecule has 0 radical (unpaired) electrons. The van der Waals surface area contributed by atoms with Crippen LogP contribution in [-0.4, -0.2) is 48.4 Å². The molecule has 1 aromatic carbocycles. The fraction of sp³-hybridized carbons (Fsp3) is 0.455. The van der Waals surface area contributed by atoms with Crippen molar-refractivity contribution in [1.82, 2.24) is 5.32 Å². The lowest BCUT2D eigenvalue weighted by molar-refractivity contribution is -0.148. The molecule has 1 unspecified atom stereocenters. The largest absolute Gasteiger partial charge is 0.479 e. The molecular weight excluding hydrogens is 377 g/mol. The number of carbonyl (C=O) groups excluding carboxylic acids is 1. The second kappa shape index (κ2) is 10.3. The van der Waals surface area contributed by atoms with E-state index >= 15 is 0 Å². The van der Waals surface area contributed by atoms with Crippen LogP contribution in [0.5, 0.6) is 0 Å². The molecule has 1 aromatic rings. The molecule has 2 atom stereocenters. The standard InChI is InChI=1S/C22H28FNO5/c1-22(2,21(27)24-13-12-16-6-4-5-7-18(16)23)29-17-10-8-15(9-11-17)14-19(28-3)20(25)26/h4-10,17,19H,11-14H2,1-3H3,(H,24,27)(H,25,26)/t17?,19-/m0/s1. The van der Waals surface area contributed by atoms with Crippen molar-refractivity contribution in [3.8, 4) is 0 Å². The van der Waals surface area contributed by atoms with Crippen LogP contribution in [0.4, 0.5) is 4.39 Å². The number of amides is 1. The van der Waals surface area contributed by atoms with Crippen LogP contribution in [-0.2, 0) is 25.5 Å². The van der Waals surface area contributed by atoms with E-state index in [2.05, 4.69) is 5.32 Å². The average molecular weight is 405 g/mol. The van der Waals surface area contributed by atoms with E-state index in [1.54, 1.807) is 38.1 Å². The molecule has 1 aliphatic rings. The van der Waals surface area contributed by atoms with Crippen molar-refractivity contribution in [2.24, 2.45) is 0 Å². The van der Waals surface area contributed by atoms with E-state index in [9.17, 15) is 14.0 Å². The Hall–Kier alpha value is -2.51. The minimum Gasteiger partial charge on any atom is -0.479 e. The third-order valence-electron chi connectivity index (χ3n) is 4.75. The van der Waals surface area contributed by atoms with E-state index in [0.717, 1.165) is 5.57 Å². The number of aliphatic carboxylic acids is 1. The van der Waals surface area contributed by atoms with Gasteiger partial charge in [0.2, 0.25) is 0 Å². The Kier molecular flexibility index (Phi) is 8.10. The number of halogens is 1. The van der Waals surface area contributed by atoms with Gasteiger partial charge in [0.05, 0.1) is 6.10 Å². The summed E-state index contributed by atoms with van der Waals surface area (Å²) < 4.78 is 24.5. The number of nitrogens with one attached hydrogen (secondary N) is 1. The Labute approximate surface area is 170 Å². The maximum atomic E-state index is 13.6. The molecule has 1 amide bonds. The molecule has 2 N–H and O–H groups in total. The summed E-state index contributed by atoms with van der Waals surface area (Å²) >= 11 is 0. The van der Waals surface area contributed by atoms with Crippen LogP contribution in [0.2, 0.25) is 0 Å². The van der Waals surface area contributed by atoms with Gasteiger partial charge in [-0.05, 0) is 43.9 Å². The van der Waals surface area contributed by atoms with E-state index in [-0.39, 0.29) is 24.2 Å². The van der Waals surface area contributed by atoms with Crippen LogP contribution < -0.4 is 5.32 Å². The average Bonchev–Trinajstić information content (AvgIpc) is 2.68. The van der Waals surface area contributed by atoms with E-state index in [1.807, 2.05) is 12.2 Å². The summed E-state index contributed by atoms with van der Waals surface area (Å²) in [5, 5.41) is 11.9. The zero-order valence-electron chi connectivity index (χ0n) is 17.0. The van der Waals surface area contributed by atoms with Crippen molar-refractivity contribution in [3.63, 3.8) is 0 Å². The fourth-order valence-corrected chi connectivity index (χ4v) is 3.03. The monoisotopic (exact) mass is 405 g/mol. The quantitative estimate of drug-likeness (QED) is 0.625. The Balaban J connectivity index is 1.81.